The van der Waals surface area contributed by atoms with Crippen molar-refractivity contribution in [2.24, 2.45) is 0 Å². The Morgan fingerprint density at radius 3 is 1.78 bits per heavy atom. The molecular weight excluding hydrogens is 440 g/mol. The first-order valence-electron chi connectivity index (χ1n) is 9.52. The van der Waals surface area contributed by atoms with E-state index in [1.165, 1.54) is 12.1 Å². The summed E-state index contributed by atoms with van der Waals surface area (Å²) in [5.41, 5.74) is -5.26. The number of nitrogens with zero attached hydrogens (tertiary/aromatic N) is 1. The van der Waals surface area contributed by atoms with Crippen LogP contribution in [-0.2, 0) is 5.60 Å². The Morgan fingerprint density at radius 2 is 1.34 bits per heavy atom. The fourth-order valence-corrected chi connectivity index (χ4v) is 2.85. The van der Waals surface area contributed by atoms with Gasteiger partial charge in [0, 0.05) is 29.0 Å². The number of benzene rings is 2. The largest absolute Gasteiger partial charge is 0.430 e. The topological polar surface area (TPSA) is 64.6 Å². The lowest BCUT2D eigenvalue weighted by atomic mass is 9.92. The van der Waals surface area contributed by atoms with Crippen molar-refractivity contribution < 1.29 is 36.2 Å². The summed E-state index contributed by atoms with van der Waals surface area (Å²) in [5, 5.41) is 15.0. The number of nitrogens with one attached hydrogen (secondary N) is 2. The van der Waals surface area contributed by atoms with Crippen molar-refractivity contribution in [1.29, 1.82) is 0 Å². The Hall–Kier alpha value is -2.79. The molecule has 0 atom stereocenters. The number of alkyl halides is 6. The summed E-state index contributed by atoms with van der Waals surface area (Å²) in [7, 11) is 3.85. The van der Waals surface area contributed by atoms with Crippen LogP contribution in [0.4, 0.5) is 37.7 Å². The van der Waals surface area contributed by atoms with Crippen LogP contribution in [-0.4, -0.2) is 55.5 Å². The molecule has 0 unspecified atom stereocenters. The quantitative estimate of drug-likeness (QED) is 0.401. The molecule has 0 saturated carbocycles. The van der Waals surface area contributed by atoms with Crippen molar-refractivity contribution in [2.75, 3.05) is 32.5 Å². The van der Waals surface area contributed by atoms with E-state index in [9.17, 15) is 36.2 Å². The average Bonchev–Trinajstić information content (AvgIpc) is 2.70. The van der Waals surface area contributed by atoms with Crippen LogP contribution in [0.3, 0.4) is 0 Å². The predicted molar refractivity (Wildman–Crippen MR) is 108 cm³/mol. The monoisotopic (exact) mass is 463 g/mol. The fraction of sp³-hybridized carbons (Fsp3) is 0.381. The molecule has 0 heterocycles. The number of aliphatic hydroxyl groups is 1. The maximum Gasteiger partial charge on any atom is 0.430 e. The lowest BCUT2D eigenvalue weighted by Gasteiger charge is -2.32. The van der Waals surface area contributed by atoms with Crippen LogP contribution in [0.25, 0.3) is 0 Å². The third-order valence-electron chi connectivity index (χ3n) is 4.63. The molecule has 32 heavy (non-hydrogen) atoms. The molecule has 0 fully saturated rings. The van der Waals surface area contributed by atoms with E-state index >= 15 is 0 Å². The number of carbonyl (C=O) groups is 1. The molecule has 0 radical (unpaired) electrons. The van der Waals surface area contributed by atoms with E-state index in [0.29, 0.717) is 29.9 Å². The maximum absolute atomic E-state index is 12.9. The molecule has 3 N–H and O–H groups in total. The van der Waals surface area contributed by atoms with Crippen LogP contribution in [0.1, 0.15) is 22.3 Å². The fourth-order valence-electron chi connectivity index (χ4n) is 2.85. The number of hydrogen-bond acceptors (Lipinski definition) is 4. The summed E-state index contributed by atoms with van der Waals surface area (Å²) < 4.78 is 77.7. The molecule has 2 aromatic carbocycles. The summed E-state index contributed by atoms with van der Waals surface area (Å²) in [4.78, 5) is 14.1. The average molecular weight is 463 g/mol. The highest BCUT2D eigenvalue weighted by atomic mass is 19.4. The van der Waals surface area contributed by atoms with E-state index in [2.05, 4.69) is 10.6 Å². The van der Waals surface area contributed by atoms with Crippen LogP contribution in [0.2, 0.25) is 0 Å². The summed E-state index contributed by atoms with van der Waals surface area (Å²) in [5.74, 6) is -0.266. The molecule has 1 amide bonds. The highest BCUT2D eigenvalue weighted by Gasteiger charge is 2.71. The van der Waals surface area contributed by atoms with E-state index in [4.69, 9.17) is 0 Å². The van der Waals surface area contributed by atoms with Crippen LogP contribution < -0.4 is 10.6 Å². The highest BCUT2D eigenvalue weighted by molar-refractivity contribution is 5.94. The van der Waals surface area contributed by atoms with E-state index in [1.807, 2.05) is 19.0 Å². The second-order valence-corrected chi connectivity index (χ2v) is 7.40. The van der Waals surface area contributed by atoms with Gasteiger partial charge in [0.15, 0.2) is 0 Å². The smallest absolute Gasteiger partial charge is 0.369 e. The summed E-state index contributed by atoms with van der Waals surface area (Å²) in [6.07, 6.45) is -11.1. The minimum Gasteiger partial charge on any atom is -0.369 e. The second kappa shape index (κ2) is 9.78. The molecule has 0 bridgehead atoms. The molecule has 0 aromatic heterocycles. The van der Waals surface area contributed by atoms with Crippen LogP contribution in [0.15, 0.2) is 48.5 Å². The standard InChI is InChI=1S/C21H23F6N3O2/c1-30(2)13-3-12-28-18(31)14-4-8-16(9-5-14)29-17-10-6-15(7-11-17)19(32,20(22,23)24)21(25,26)27/h4-11,29,32H,3,12-13H2,1-2H3,(H,28,31). The second-order valence-electron chi connectivity index (χ2n) is 7.40. The zero-order chi connectivity index (χ0) is 24.2. The molecule has 0 aliphatic heterocycles. The highest BCUT2D eigenvalue weighted by Crippen LogP contribution is 2.50. The minimum absolute atomic E-state index is 0.196. The Bertz CT molecular complexity index is 880. The number of carbonyl (C=O) groups excluding carboxylic acids is 1. The SMILES string of the molecule is CN(C)CCCNC(=O)c1ccc(Nc2ccc(C(O)(C(F)(F)F)C(F)(F)F)cc2)cc1. The summed E-state index contributed by atoms with van der Waals surface area (Å²) in [6.45, 7) is 1.33. The van der Waals surface area contributed by atoms with Crippen molar-refractivity contribution in [1.82, 2.24) is 10.2 Å². The van der Waals surface area contributed by atoms with Crippen molar-refractivity contribution in [2.45, 2.75) is 24.4 Å². The van der Waals surface area contributed by atoms with Gasteiger partial charge in [0.25, 0.3) is 11.5 Å². The first-order chi connectivity index (χ1) is 14.8. The molecule has 11 heteroatoms. The van der Waals surface area contributed by atoms with Crippen LogP contribution in [0.5, 0.6) is 0 Å². The van der Waals surface area contributed by atoms with Gasteiger partial charge in [0.2, 0.25) is 0 Å². The van der Waals surface area contributed by atoms with Gasteiger partial charge in [-0.2, -0.15) is 26.3 Å². The van der Waals surface area contributed by atoms with E-state index < -0.39 is 23.5 Å². The molecule has 2 rings (SSSR count). The van der Waals surface area contributed by atoms with Gasteiger partial charge in [0.1, 0.15) is 0 Å². The van der Waals surface area contributed by atoms with Gasteiger partial charge in [0.05, 0.1) is 0 Å². The van der Waals surface area contributed by atoms with Crippen molar-refractivity contribution in [3.63, 3.8) is 0 Å². The number of rotatable bonds is 8. The maximum atomic E-state index is 12.9. The zero-order valence-corrected chi connectivity index (χ0v) is 17.3. The number of amides is 1. The van der Waals surface area contributed by atoms with Gasteiger partial charge in [-0.05, 0) is 63.5 Å². The Morgan fingerprint density at radius 1 is 0.875 bits per heavy atom. The van der Waals surface area contributed by atoms with Crippen LogP contribution >= 0.6 is 0 Å². The normalized spacial score (nSPS) is 12.7. The zero-order valence-electron chi connectivity index (χ0n) is 17.3. The molecule has 0 aliphatic carbocycles. The molecule has 0 saturated heterocycles. The van der Waals surface area contributed by atoms with Gasteiger partial charge in [-0.25, -0.2) is 0 Å². The predicted octanol–water partition coefficient (Wildman–Crippen LogP) is 4.42. The number of halogens is 6. The van der Waals surface area contributed by atoms with Gasteiger partial charge < -0.3 is 20.6 Å². The van der Waals surface area contributed by atoms with Crippen LogP contribution in [0, 0.1) is 0 Å². The Kier molecular flexibility index (Phi) is 7.79. The number of anilines is 2. The molecular formula is C21H23F6N3O2. The first kappa shape index (κ1) is 25.5. The molecule has 5 nitrogen and oxygen atoms in total. The molecule has 0 spiro atoms. The lowest BCUT2D eigenvalue weighted by molar-refractivity contribution is -0.376. The minimum atomic E-state index is -5.94. The van der Waals surface area contributed by atoms with Crippen molar-refractivity contribution in [3.8, 4) is 0 Å². The van der Waals surface area contributed by atoms with Crippen molar-refractivity contribution >= 4 is 17.3 Å². The van der Waals surface area contributed by atoms with E-state index in [0.717, 1.165) is 25.1 Å². The molecule has 176 valence electrons. The Balaban J connectivity index is 2.06. The lowest BCUT2D eigenvalue weighted by Crippen LogP contribution is -2.53. The third-order valence-corrected chi connectivity index (χ3v) is 4.63. The van der Waals surface area contributed by atoms with E-state index in [1.54, 1.807) is 12.1 Å². The van der Waals surface area contributed by atoms with Gasteiger partial charge in [-0.15, -0.1) is 0 Å². The molecule has 0 aliphatic rings. The van der Waals surface area contributed by atoms with E-state index in [-0.39, 0.29) is 11.6 Å². The van der Waals surface area contributed by atoms with Gasteiger partial charge in [-0.3, -0.25) is 4.79 Å². The first-order valence-corrected chi connectivity index (χ1v) is 9.52. The summed E-state index contributed by atoms with van der Waals surface area (Å²) in [6, 6.07) is 9.24. The third kappa shape index (κ3) is 5.92. The van der Waals surface area contributed by atoms with Gasteiger partial charge >= 0.3 is 12.4 Å². The van der Waals surface area contributed by atoms with Crippen molar-refractivity contribution in [3.05, 3.63) is 59.7 Å². The number of hydrogen-bond donors (Lipinski definition) is 3. The Labute approximate surface area is 181 Å². The van der Waals surface area contributed by atoms with Gasteiger partial charge in [-0.1, -0.05) is 12.1 Å². The molecule has 2 aromatic rings. The summed E-state index contributed by atoms with van der Waals surface area (Å²) >= 11 is 0.